The van der Waals surface area contributed by atoms with Crippen molar-refractivity contribution in [1.29, 1.82) is 0 Å². The number of aromatic amines is 1. The predicted octanol–water partition coefficient (Wildman–Crippen LogP) is 4.67. The number of hydrogen-bond acceptors (Lipinski definition) is 1. The summed E-state index contributed by atoms with van der Waals surface area (Å²) < 4.78 is 3.14. The highest BCUT2D eigenvalue weighted by atomic mass is 32.1. The van der Waals surface area contributed by atoms with Gasteiger partial charge in [-0.05, 0) is 37.4 Å². The van der Waals surface area contributed by atoms with Gasteiger partial charge in [0.1, 0.15) is 0 Å². The smallest absolute Gasteiger partial charge is 0.177 e. The van der Waals surface area contributed by atoms with E-state index in [1.165, 1.54) is 18.5 Å². The van der Waals surface area contributed by atoms with E-state index < -0.39 is 0 Å². The Morgan fingerprint density at radius 3 is 2.44 bits per heavy atom. The molecule has 0 radical (unpaired) electrons. The average molecular weight is 240 g/mol. The second-order valence-electron chi connectivity index (χ2n) is 5.14. The summed E-state index contributed by atoms with van der Waals surface area (Å²) in [5.41, 5.74) is 1.32. The van der Waals surface area contributed by atoms with Crippen LogP contribution in [0.25, 0.3) is 0 Å². The Morgan fingerprint density at radius 2 is 1.94 bits per heavy atom. The summed E-state index contributed by atoms with van der Waals surface area (Å²) in [6, 6.07) is 0.492. The topological polar surface area (TPSA) is 20.7 Å². The van der Waals surface area contributed by atoms with Crippen LogP contribution in [0.1, 0.15) is 65.1 Å². The van der Waals surface area contributed by atoms with Crippen LogP contribution >= 0.6 is 12.2 Å². The van der Waals surface area contributed by atoms with Crippen molar-refractivity contribution in [1.82, 2.24) is 9.55 Å². The Kier molecular flexibility index (Phi) is 4.78. The highest BCUT2D eigenvalue weighted by Gasteiger charge is 2.15. The normalized spacial score (nSPS) is 15.4. The molecule has 92 valence electrons. The van der Waals surface area contributed by atoms with Crippen LogP contribution in [-0.4, -0.2) is 9.55 Å². The van der Waals surface area contributed by atoms with E-state index in [-0.39, 0.29) is 0 Å². The van der Waals surface area contributed by atoms with Crippen molar-refractivity contribution in [3.63, 3.8) is 0 Å². The quantitative estimate of drug-likeness (QED) is 0.742. The van der Waals surface area contributed by atoms with E-state index in [2.05, 4.69) is 50.4 Å². The first-order valence-corrected chi connectivity index (χ1v) is 6.68. The van der Waals surface area contributed by atoms with Crippen molar-refractivity contribution in [3.05, 3.63) is 16.7 Å². The summed E-state index contributed by atoms with van der Waals surface area (Å²) >= 11 is 5.36. The van der Waals surface area contributed by atoms with E-state index in [1.54, 1.807) is 0 Å². The van der Waals surface area contributed by atoms with Crippen molar-refractivity contribution < 1.29 is 0 Å². The van der Waals surface area contributed by atoms with Crippen LogP contribution in [-0.2, 0) is 0 Å². The predicted molar refractivity (Wildman–Crippen MR) is 72.5 cm³/mol. The van der Waals surface area contributed by atoms with E-state index in [1.807, 2.05) is 0 Å². The molecule has 0 saturated heterocycles. The fourth-order valence-corrected chi connectivity index (χ4v) is 2.49. The van der Waals surface area contributed by atoms with Crippen molar-refractivity contribution in [2.75, 3.05) is 0 Å². The first-order valence-electron chi connectivity index (χ1n) is 6.27. The Labute approximate surface area is 104 Å². The molecule has 0 amide bonds. The Morgan fingerprint density at radius 1 is 1.31 bits per heavy atom. The van der Waals surface area contributed by atoms with Crippen LogP contribution < -0.4 is 0 Å². The summed E-state index contributed by atoms with van der Waals surface area (Å²) in [5, 5.41) is 0. The third kappa shape index (κ3) is 2.97. The van der Waals surface area contributed by atoms with Gasteiger partial charge in [-0.1, -0.05) is 34.1 Å². The molecule has 0 aromatic carbocycles. The zero-order valence-corrected chi connectivity index (χ0v) is 11.9. The fourth-order valence-electron chi connectivity index (χ4n) is 2.15. The standard InChI is InChI=1S/C13H24N2S/c1-6-10(4)7-11(5)15-12(9(2)3)8-14-13(15)16/h8-11H,6-7H2,1-5H3,(H,14,16). The first kappa shape index (κ1) is 13.5. The van der Waals surface area contributed by atoms with Gasteiger partial charge in [-0.2, -0.15) is 0 Å². The van der Waals surface area contributed by atoms with Crippen molar-refractivity contribution in [2.24, 2.45) is 5.92 Å². The van der Waals surface area contributed by atoms with Crippen LogP contribution in [0.4, 0.5) is 0 Å². The molecule has 0 fully saturated rings. The zero-order valence-electron chi connectivity index (χ0n) is 11.1. The van der Waals surface area contributed by atoms with E-state index >= 15 is 0 Å². The van der Waals surface area contributed by atoms with Crippen molar-refractivity contribution in [2.45, 2.75) is 59.4 Å². The number of nitrogens with one attached hydrogen (secondary N) is 1. The van der Waals surface area contributed by atoms with Gasteiger partial charge >= 0.3 is 0 Å². The lowest BCUT2D eigenvalue weighted by Gasteiger charge is -2.21. The van der Waals surface area contributed by atoms with Crippen LogP contribution in [0.2, 0.25) is 0 Å². The minimum absolute atomic E-state index is 0.492. The Balaban J connectivity index is 2.93. The molecule has 1 aromatic rings. The molecular weight excluding hydrogens is 216 g/mol. The monoisotopic (exact) mass is 240 g/mol. The minimum atomic E-state index is 0.492. The third-order valence-corrected chi connectivity index (χ3v) is 3.63. The molecule has 1 N–H and O–H groups in total. The van der Waals surface area contributed by atoms with Crippen LogP contribution in [0, 0.1) is 10.7 Å². The van der Waals surface area contributed by atoms with Gasteiger partial charge in [0.2, 0.25) is 0 Å². The molecule has 1 heterocycles. The van der Waals surface area contributed by atoms with Gasteiger partial charge in [0.05, 0.1) is 0 Å². The minimum Gasteiger partial charge on any atom is -0.337 e. The molecule has 1 aromatic heterocycles. The maximum absolute atomic E-state index is 5.36. The highest BCUT2D eigenvalue weighted by Crippen LogP contribution is 2.25. The molecule has 0 bridgehead atoms. The number of nitrogens with zero attached hydrogens (tertiary/aromatic N) is 1. The molecule has 2 atom stereocenters. The fraction of sp³-hybridized carbons (Fsp3) is 0.769. The van der Waals surface area contributed by atoms with Gasteiger partial charge in [0.25, 0.3) is 0 Å². The Hall–Kier alpha value is -0.570. The molecule has 16 heavy (non-hydrogen) atoms. The molecule has 1 rings (SSSR count). The average Bonchev–Trinajstić information content (AvgIpc) is 2.59. The van der Waals surface area contributed by atoms with E-state index in [0.29, 0.717) is 12.0 Å². The maximum atomic E-state index is 5.36. The highest BCUT2D eigenvalue weighted by molar-refractivity contribution is 7.71. The molecular formula is C13H24N2S. The maximum Gasteiger partial charge on any atom is 0.177 e. The summed E-state index contributed by atoms with van der Waals surface area (Å²) in [6.07, 6.45) is 4.49. The third-order valence-electron chi connectivity index (χ3n) is 3.31. The molecule has 0 saturated carbocycles. The van der Waals surface area contributed by atoms with Crippen molar-refractivity contribution in [3.8, 4) is 0 Å². The first-order chi connectivity index (χ1) is 7.47. The number of H-pyrrole nitrogens is 1. The van der Waals surface area contributed by atoms with Gasteiger partial charge < -0.3 is 9.55 Å². The number of aromatic nitrogens is 2. The van der Waals surface area contributed by atoms with E-state index in [9.17, 15) is 0 Å². The number of imidazole rings is 1. The van der Waals surface area contributed by atoms with Gasteiger partial charge in [-0.3, -0.25) is 0 Å². The summed E-state index contributed by atoms with van der Waals surface area (Å²) in [5.74, 6) is 1.28. The number of hydrogen-bond donors (Lipinski definition) is 1. The van der Waals surface area contributed by atoms with Gasteiger partial charge in [-0.25, -0.2) is 0 Å². The van der Waals surface area contributed by atoms with Gasteiger partial charge in [0.15, 0.2) is 4.77 Å². The molecule has 2 nitrogen and oxygen atoms in total. The Bertz CT molecular complexity index is 376. The van der Waals surface area contributed by atoms with Crippen LogP contribution in [0.3, 0.4) is 0 Å². The van der Waals surface area contributed by atoms with Crippen molar-refractivity contribution >= 4 is 12.2 Å². The largest absolute Gasteiger partial charge is 0.337 e. The molecule has 0 aliphatic heterocycles. The van der Waals surface area contributed by atoms with Gasteiger partial charge in [0, 0.05) is 17.9 Å². The second kappa shape index (κ2) is 5.67. The second-order valence-corrected chi connectivity index (χ2v) is 5.53. The van der Waals surface area contributed by atoms with Gasteiger partial charge in [-0.15, -0.1) is 0 Å². The van der Waals surface area contributed by atoms with Crippen LogP contribution in [0.5, 0.6) is 0 Å². The molecule has 0 aliphatic rings. The number of rotatable bonds is 5. The zero-order chi connectivity index (χ0) is 12.3. The molecule has 0 spiro atoms. The van der Waals surface area contributed by atoms with E-state index in [4.69, 9.17) is 12.2 Å². The summed E-state index contributed by atoms with van der Waals surface area (Å²) in [7, 11) is 0. The molecule has 3 heteroatoms. The van der Waals surface area contributed by atoms with E-state index in [0.717, 1.165) is 10.7 Å². The molecule has 0 aliphatic carbocycles. The van der Waals surface area contributed by atoms with Crippen LogP contribution in [0.15, 0.2) is 6.20 Å². The molecule has 2 unspecified atom stereocenters. The summed E-state index contributed by atoms with van der Waals surface area (Å²) in [6.45, 7) is 11.2. The summed E-state index contributed by atoms with van der Waals surface area (Å²) in [4.78, 5) is 3.17. The lowest BCUT2D eigenvalue weighted by Crippen LogP contribution is -2.13. The lowest BCUT2D eigenvalue weighted by atomic mass is 9.99. The SMILES string of the molecule is CCC(C)CC(C)n1c(C(C)C)c[nH]c1=S. The lowest BCUT2D eigenvalue weighted by molar-refractivity contribution is 0.386.